The molecule has 1 heterocycles. The zero-order chi connectivity index (χ0) is 18.5. The molecule has 0 aliphatic heterocycles. The van der Waals surface area contributed by atoms with Crippen LogP contribution < -0.4 is 0 Å². The Morgan fingerprint density at radius 3 is 2.48 bits per heavy atom. The molecule has 0 N–H and O–H groups in total. The van der Waals surface area contributed by atoms with Crippen molar-refractivity contribution in [3.63, 3.8) is 0 Å². The molecular weight excluding hydrogens is 338 g/mol. The van der Waals surface area contributed by atoms with Gasteiger partial charge in [-0.15, -0.1) is 0 Å². The highest BCUT2D eigenvalue weighted by atomic mass is 16.1. The average molecular weight is 355 g/mol. The van der Waals surface area contributed by atoms with Gasteiger partial charge in [0, 0.05) is 47.0 Å². The molecule has 0 radical (unpaired) electrons. The standard InChI is InChI=1S/C23H17NO3/c25-18-8-4-7-14-11-16-21(20(19(14)18)13-5-2-1-3-6-13)23(27)17-12-24-10-9-15(17)22(16)26/h1-3,5-6,9-10,12,20H,4,7-8,11H2. The second kappa shape index (κ2) is 5.95. The number of pyridine rings is 1. The lowest BCUT2D eigenvalue weighted by atomic mass is 9.65. The molecule has 0 saturated carbocycles. The Bertz CT molecular complexity index is 1080. The fourth-order valence-corrected chi connectivity index (χ4v) is 4.64. The molecule has 1 aromatic carbocycles. The van der Waals surface area contributed by atoms with Crippen LogP contribution in [0.15, 0.2) is 71.1 Å². The van der Waals surface area contributed by atoms with Gasteiger partial charge < -0.3 is 0 Å². The summed E-state index contributed by atoms with van der Waals surface area (Å²) < 4.78 is 0. The molecule has 0 spiro atoms. The first-order valence-corrected chi connectivity index (χ1v) is 9.23. The summed E-state index contributed by atoms with van der Waals surface area (Å²) in [6.45, 7) is 0. The van der Waals surface area contributed by atoms with Crippen molar-refractivity contribution in [3.8, 4) is 0 Å². The number of nitrogens with zero attached hydrogens (tertiary/aromatic N) is 1. The Morgan fingerprint density at radius 2 is 1.67 bits per heavy atom. The number of Topliss-reactive ketones (excluding diaryl/α,β-unsaturated/α-hetero) is 3. The predicted molar refractivity (Wildman–Crippen MR) is 99.6 cm³/mol. The smallest absolute Gasteiger partial charge is 0.192 e. The first-order valence-electron chi connectivity index (χ1n) is 9.23. The van der Waals surface area contributed by atoms with Crippen LogP contribution in [-0.4, -0.2) is 22.3 Å². The van der Waals surface area contributed by atoms with Crippen molar-refractivity contribution >= 4 is 17.3 Å². The molecule has 4 heteroatoms. The molecule has 3 aliphatic rings. The molecule has 0 amide bonds. The molecular formula is C23H17NO3. The van der Waals surface area contributed by atoms with E-state index in [1.54, 1.807) is 12.3 Å². The molecule has 132 valence electrons. The molecule has 0 bridgehead atoms. The Labute approximate surface area is 156 Å². The molecule has 5 rings (SSSR count). The fourth-order valence-electron chi connectivity index (χ4n) is 4.64. The summed E-state index contributed by atoms with van der Waals surface area (Å²) in [6, 6.07) is 11.2. The summed E-state index contributed by atoms with van der Waals surface area (Å²) in [7, 11) is 0. The molecule has 2 aromatic rings. The number of hydrogen-bond donors (Lipinski definition) is 0. The Morgan fingerprint density at radius 1 is 0.852 bits per heavy atom. The SMILES string of the molecule is O=C1CCCC2=C1C(c1ccccc1)C1=C(C2)C(=O)c2ccncc2C1=O. The van der Waals surface area contributed by atoms with Gasteiger partial charge in [0.2, 0.25) is 0 Å². The molecule has 1 unspecified atom stereocenters. The molecule has 1 aromatic heterocycles. The third kappa shape index (κ3) is 2.29. The van der Waals surface area contributed by atoms with Crippen molar-refractivity contribution in [1.82, 2.24) is 4.98 Å². The molecule has 0 saturated heterocycles. The van der Waals surface area contributed by atoms with Gasteiger partial charge in [-0.1, -0.05) is 35.9 Å². The summed E-state index contributed by atoms with van der Waals surface area (Å²) in [5.74, 6) is -0.629. The number of ketones is 3. The van der Waals surface area contributed by atoms with E-state index in [1.807, 2.05) is 30.3 Å². The summed E-state index contributed by atoms with van der Waals surface area (Å²) in [5.41, 5.74) is 4.45. The molecule has 1 atom stereocenters. The monoisotopic (exact) mass is 355 g/mol. The number of carbonyl (C=O) groups excluding carboxylic acids is 3. The van der Waals surface area contributed by atoms with Gasteiger partial charge in [-0.25, -0.2) is 0 Å². The summed E-state index contributed by atoms with van der Waals surface area (Å²) >= 11 is 0. The minimum atomic E-state index is -0.456. The van der Waals surface area contributed by atoms with Crippen LogP contribution in [0, 0.1) is 0 Å². The van der Waals surface area contributed by atoms with Crippen LogP contribution in [0.5, 0.6) is 0 Å². The van der Waals surface area contributed by atoms with Gasteiger partial charge in [0.05, 0.1) is 5.56 Å². The van der Waals surface area contributed by atoms with Crippen molar-refractivity contribution in [2.75, 3.05) is 0 Å². The second-order valence-corrected chi connectivity index (χ2v) is 7.29. The van der Waals surface area contributed by atoms with Crippen LogP contribution >= 0.6 is 0 Å². The van der Waals surface area contributed by atoms with Gasteiger partial charge in [0.25, 0.3) is 0 Å². The largest absolute Gasteiger partial charge is 0.295 e. The van der Waals surface area contributed by atoms with Crippen LogP contribution in [-0.2, 0) is 4.79 Å². The molecule has 0 fully saturated rings. The van der Waals surface area contributed by atoms with E-state index in [1.165, 1.54) is 6.20 Å². The van der Waals surface area contributed by atoms with E-state index in [9.17, 15) is 14.4 Å². The predicted octanol–water partition coefficient (Wildman–Crippen LogP) is 3.99. The quantitative estimate of drug-likeness (QED) is 0.776. The van der Waals surface area contributed by atoms with Crippen molar-refractivity contribution < 1.29 is 14.4 Å². The average Bonchev–Trinajstić information content (AvgIpc) is 2.71. The van der Waals surface area contributed by atoms with Crippen LogP contribution in [0.1, 0.15) is 57.9 Å². The van der Waals surface area contributed by atoms with E-state index in [4.69, 9.17) is 0 Å². The van der Waals surface area contributed by atoms with Crippen LogP contribution in [0.25, 0.3) is 0 Å². The topological polar surface area (TPSA) is 64.1 Å². The van der Waals surface area contributed by atoms with E-state index < -0.39 is 5.92 Å². The van der Waals surface area contributed by atoms with Crippen molar-refractivity contribution in [3.05, 3.63) is 87.8 Å². The highest BCUT2D eigenvalue weighted by Crippen LogP contribution is 2.49. The highest BCUT2D eigenvalue weighted by molar-refractivity contribution is 6.28. The first kappa shape index (κ1) is 16.1. The minimum Gasteiger partial charge on any atom is -0.295 e. The Kier molecular flexibility index (Phi) is 3.54. The number of benzene rings is 1. The number of rotatable bonds is 1. The van der Waals surface area contributed by atoms with Gasteiger partial charge in [0.15, 0.2) is 17.3 Å². The van der Waals surface area contributed by atoms with E-state index in [-0.39, 0.29) is 17.3 Å². The number of allylic oxidation sites excluding steroid dienone is 4. The third-order valence-corrected chi connectivity index (χ3v) is 5.82. The normalized spacial score (nSPS) is 21.8. The van der Waals surface area contributed by atoms with Crippen LogP contribution in [0.2, 0.25) is 0 Å². The summed E-state index contributed by atoms with van der Waals surface area (Å²) in [6.07, 6.45) is 5.54. The van der Waals surface area contributed by atoms with Gasteiger partial charge >= 0.3 is 0 Å². The molecule has 3 aliphatic carbocycles. The van der Waals surface area contributed by atoms with Crippen molar-refractivity contribution in [2.45, 2.75) is 31.6 Å². The van der Waals surface area contributed by atoms with Crippen LogP contribution in [0.3, 0.4) is 0 Å². The maximum atomic E-state index is 13.4. The first-order chi connectivity index (χ1) is 13.2. The zero-order valence-electron chi connectivity index (χ0n) is 14.7. The minimum absolute atomic E-state index is 0.104. The summed E-state index contributed by atoms with van der Waals surface area (Å²) in [4.78, 5) is 43.4. The Balaban J connectivity index is 1.77. The molecule has 27 heavy (non-hydrogen) atoms. The number of hydrogen-bond acceptors (Lipinski definition) is 4. The van der Waals surface area contributed by atoms with E-state index >= 15 is 0 Å². The van der Waals surface area contributed by atoms with E-state index in [2.05, 4.69) is 4.98 Å². The third-order valence-electron chi connectivity index (χ3n) is 5.82. The van der Waals surface area contributed by atoms with Gasteiger partial charge in [0.1, 0.15) is 0 Å². The highest BCUT2D eigenvalue weighted by Gasteiger charge is 2.44. The summed E-state index contributed by atoms with van der Waals surface area (Å²) in [5, 5.41) is 0. The van der Waals surface area contributed by atoms with E-state index in [0.717, 1.165) is 29.6 Å². The van der Waals surface area contributed by atoms with Gasteiger partial charge in [-0.3, -0.25) is 19.4 Å². The van der Waals surface area contributed by atoms with Crippen LogP contribution in [0.4, 0.5) is 0 Å². The van der Waals surface area contributed by atoms with Gasteiger partial charge in [-0.2, -0.15) is 0 Å². The maximum Gasteiger partial charge on any atom is 0.192 e. The van der Waals surface area contributed by atoms with Crippen molar-refractivity contribution in [1.29, 1.82) is 0 Å². The number of aromatic nitrogens is 1. The second-order valence-electron chi connectivity index (χ2n) is 7.29. The Hall–Kier alpha value is -3.14. The van der Waals surface area contributed by atoms with Gasteiger partial charge in [-0.05, 0) is 30.9 Å². The lowest BCUT2D eigenvalue weighted by molar-refractivity contribution is -0.116. The number of fused-ring (bicyclic) bond motifs is 1. The number of carbonyl (C=O) groups is 3. The van der Waals surface area contributed by atoms with E-state index in [0.29, 0.717) is 35.1 Å². The lowest BCUT2D eigenvalue weighted by Gasteiger charge is -2.36. The van der Waals surface area contributed by atoms with Crippen molar-refractivity contribution in [2.24, 2.45) is 0 Å². The lowest BCUT2D eigenvalue weighted by Crippen LogP contribution is -2.33. The zero-order valence-corrected chi connectivity index (χ0v) is 14.7. The molecule has 4 nitrogen and oxygen atoms in total. The fraction of sp³-hybridized carbons (Fsp3) is 0.217. The maximum absolute atomic E-state index is 13.4.